The van der Waals surface area contributed by atoms with Crippen LogP contribution in [0.5, 0.6) is 0 Å². The van der Waals surface area contributed by atoms with Crippen molar-refractivity contribution in [2.24, 2.45) is 0 Å². The van der Waals surface area contributed by atoms with E-state index in [2.05, 4.69) is 23.9 Å². The molecule has 1 aromatic carbocycles. The van der Waals surface area contributed by atoms with Crippen LogP contribution in [0.25, 0.3) is 44.2 Å². The number of thiophene rings is 1. The van der Waals surface area contributed by atoms with Gasteiger partial charge in [0.25, 0.3) is 0 Å². The zero-order valence-corrected chi connectivity index (χ0v) is 15.5. The van der Waals surface area contributed by atoms with Gasteiger partial charge in [-0.15, -0.1) is 11.3 Å². The second-order valence-corrected chi connectivity index (χ2v) is 7.53. The number of nitrogens with zero attached hydrogens (tertiary/aromatic N) is 4. The van der Waals surface area contributed by atoms with Crippen LogP contribution in [0.4, 0.5) is 4.39 Å². The van der Waals surface area contributed by atoms with Gasteiger partial charge in [-0.25, -0.2) is 19.0 Å². The summed E-state index contributed by atoms with van der Waals surface area (Å²) in [5.41, 5.74) is 3.45. The number of hydrogen-bond acceptors (Lipinski definition) is 5. The monoisotopic (exact) mass is 378 g/mol. The number of oxazole rings is 1. The fourth-order valence-electron chi connectivity index (χ4n) is 3.14. The van der Waals surface area contributed by atoms with Crippen LogP contribution in [-0.4, -0.2) is 19.7 Å². The Bertz CT molecular complexity index is 1270. The molecular weight excluding hydrogens is 363 g/mol. The molecule has 0 atom stereocenters. The Balaban J connectivity index is 1.81. The molecule has 5 aromatic rings. The van der Waals surface area contributed by atoms with E-state index in [1.807, 2.05) is 28.3 Å². The van der Waals surface area contributed by atoms with Crippen LogP contribution in [-0.2, 0) is 0 Å². The highest BCUT2D eigenvalue weighted by Crippen LogP contribution is 2.35. The van der Waals surface area contributed by atoms with Crippen LogP contribution in [0.1, 0.15) is 19.9 Å². The first-order valence-corrected chi connectivity index (χ1v) is 9.47. The Labute approximate surface area is 158 Å². The van der Waals surface area contributed by atoms with E-state index in [-0.39, 0.29) is 11.9 Å². The van der Waals surface area contributed by atoms with E-state index in [1.54, 1.807) is 23.6 Å². The third-order valence-electron chi connectivity index (χ3n) is 4.41. The van der Waals surface area contributed by atoms with Gasteiger partial charge in [-0.2, -0.15) is 5.10 Å². The molecule has 0 saturated heterocycles. The van der Waals surface area contributed by atoms with Gasteiger partial charge in [-0.3, -0.25) is 0 Å². The molecule has 5 nitrogen and oxygen atoms in total. The van der Waals surface area contributed by atoms with Gasteiger partial charge >= 0.3 is 0 Å². The second kappa shape index (κ2) is 5.99. The molecule has 0 fully saturated rings. The number of aromatic nitrogens is 4. The molecule has 0 spiro atoms. The van der Waals surface area contributed by atoms with E-state index in [1.165, 1.54) is 12.1 Å². The van der Waals surface area contributed by atoms with Crippen molar-refractivity contribution >= 4 is 33.5 Å². The molecule has 0 unspecified atom stereocenters. The Morgan fingerprint density at radius 1 is 1.15 bits per heavy atom. The average molecular weight is 378 g/mol. The first-order valence-electron chi connectivity index (χ1n) is 8.59. The molecular formula is C20H15FN4OS. The Hall–Kier alpha value is -3.06. The van der Waals surface area contributed by atoms with Crippen LogP contribution >= 0.6 is 11.3 Å². The minimum absolute atomic E-state index is 0.166. The molecule has 0 N–H and O–H groups in total. The van der Waals surface area contributed by atoms with Crippen LogP contribution in [0.2, 0.25) is 0 Å². The van der Waals surface area contributed by atoms with E-state index < -0.39 is 0 Å². The minimum Gasteiger partial charge on any atom is -0.436 e. The maximum absolute atomic E-state index is 13.5. The van der Waals surface area contributed by atoms with Crippen molar-refractivity contribution in [1.82, 2.24) is 19.7 Å². The number of hydrogen-bond donors (Lipinski definition) is 0. The summed E-state index contributed by atoms with van der Waals surface area (Å²) in [4.78, 5) is 10.4. The van der Waals surface area contributed by atoms with Gasteiger partial charge in [0.1, 0.15) is 11.3 Å². The van der Waals surface area contributed by atoms with Crippen molar-refractivity contribution in [2.75, 3.05) is 0 Å². The fraction of sp³-hybridized carbons (Fsp3) is 0.150. The summed E-state index contributed by atoms with van der Waals surface area (Å²) < 4.78 is 21.3. The van der Waals surface area contributed by atoms with E-state index in [0.29, 0.717) is 17.0 Å². The Morgan fingerprint density at radius 3 is 2.81 bits per heavy atom. The summed E-state index contributed by atoms with van der Waals surface area (Å²) in [7, 11) is 0. The lowest BCUT2D eigenvalue weighted by Crippen LogP contribution is -2.03. The van der Waals surface area contributed by atoms with Crippen molar-refractivity contribution < 1.29 is 8.81 Å². The zero-order chi connectivity index (χ0) is 18.5. The number of benzene rings is 1. The highest BCUT2D eigenvalue weighted by atomic mass is 32.1. The maximum Gasteiger partial charge on any atom is 0.228 e. The first kappa shape index (κ1) is 16.1. The Morgan fingerprint density at radius 2 is 2.04 bits per heavy atom. The zero-order valence-electron chi connectivity index (χ0n) is 14.7. The molecule has 0 amide bonds. The van der Waals surface area contributed by atoms with E-state index in [9.17, 15) is 4.39 Å². The molecule has 0 bridgehead atoms. The minimum atomic E-state index is -0.350. The van der Waals surface area contributed by atoms with Crippen LogP contribution in [0.3, 0.4) is 0 Å². The molecule has 4 heterocycles. The largest absolute Gasteiger partial charge is 0.436 e. The summed E-state index contributed by atoms with van der Waals surface area (Å²) >= 11 is 1.62. The van der Waals surface area contributed by atoms with Crippen molar-refractivity contribution in [3.63, 3.8) is 0 Å². The standard InChI is InChI=1S/C20H15FN4OS/c1-11(2)25-19-14(10-22-25)13(9-16(23-19)18-4-3-7-27-18)20-24-15-6-5-12(21)8-17(15)26-20/h3-11H,1-2H3. The summed E-state index contributed by atoms with van der Waals surface area (Å²) in [6.45, 7) is 4.13. The molecule has 5 rings (SSSR count). The summed E-state index contributed by atoms with van der Waals surface area (Å²) in [6.07, 6.45) is 1.78. The fourth-order valence-corrected chi connectivity index (χ4v) is 3.82. The lowest BCUT2D eigenvalue weighted by atomic mass is 10.1. The molecule has 0 saturated carbocycles. The first-order chi connectivity index (χ1) is 13.1. The highest BCUT2D eigenvalue weighted by molar-refractivity contribution is 7.13. The molecule has 7 heteroatoms. The number of pyridine rings is 1. The van der Waals surface area contributed by atoms with Crippen LogP contribution < -0.4 is 0 Å². The van der Waals surface area contributed by atoms with Gasteiger partial charge in [0.15, 0.2) is 11.2 Å². The SMILES string of the molecule is CC(C)n1ncc2c(-c3nc4ccc(F)cc4o3)cc(-c3cccs3)nc21. The number of fused-ring (bicyclic) bond motifs is 2. The van der Waals surface area contributed by atoms with E-state index >= 15 is 0 Å². The molecule has 4 aromatic heterocycles. The van der Waals surface area contributed by atoms with E-state index in [0.717, 1.165) is 27.2 Å². The summed E-state index contributed by atoms with van der Waals surface area (Å²) in [5, 5.41) is 7.37. The average Bonchev–Trinajstić information content (AvgIpc) is 3.38. The lowest BCUT2D eigenvalue weighted by molar-refractivity contribution is 0.546. The van der Waals surface area contributed by atoms with Gasteiger partial charge < -0.3 is 4.42 Å². The third kappa shape index (κ3) is 2.62. The van der Waals surface area contributed by atoms with E-state index in [4.69, 9.17) is 9.40 Å². The highest BCUT2D eigenvalue weighted by Gasteiger charge is 2.19. The van der Waals surface area contributed by atoms with Crippen LogP contribution in [0.15, 0.2) is 52.4 Å². The van der Waals surface area contributed by atoms with Crippen molar-refractivity contribution in [3.8, 4) is 22.0 Å². The van der Waals surface area contributed by atoms with Gasteiger partial charge in [-0.05, 0) is 43.5 Å². The third-order valence-corrected chi connectivity index (χ3v) is 5.30. The molecule has 0 aliphatic heterocycles. The Kier molecular flexibility index (Phi) is 3.58. The quantitative estimate of drug-likeness (QED) is 0.405. The van der Waals surface area contributed by atoms with Crippen LogP contribution in [0, 0.1) is 5.82 Å². The molecule has 134 valence electrons. The molecule has 0 aliphatic carbocycles. The normalized spacial score (nSPS) is 11.9. The van der Waals surface area contributed by atoms with Crippen molar-refractivity contribution in [2.45, 2.75) is 19.9 Å². The molecule has 0 aliphatic rings. The van der Waals surface area contributed by atoms with Gasteiger partial charge in [0, 0.05) is 12.1 Å². The maximum atomic E-state index is 13.5. The lowest BCUT2D eigenvalue weighted by Gasteiger charge is -2.08. The summed E-state index contributed by atoms with van der Waals surface area (Å²) in [5.74, 6) is 0.0843. The van der Waals surface area contributed by atoms with Gasteiger partial charge in [-0.1, -0.05) is 6.07 Å². The topological polar surface area (TPSA) is 56.7 Å². The molecule has 0 radical (unpaired) electrons. The number of halogens is 1. The number of rotatable bonds is 3. The predicted molar refractivity (Wildman–Crippen MR) is 104 cm³/mol. The van der Waals surface area contributed by atoms with Gasteiger partial charge in [0.2, 0.25) is 5.89 Å². The van der Waals surface area contributed by atoms with Gasteiger partial charge in [0.05, 0.1) is 27.7 Å². The smallest absolute Gasteiger partial charge is 0.228 e. The van der Waals surface area contributed by atoms with Crippen molar-refractivity contribution in [1.29, 1.82) is 0 Å². The molecule has 27 heavy (non-hydrogen) atoms. The second-order valence-electron chi connectivity index (χ2n) is 6.58. The predicted octanol–water partition coefficient (Wildman–Crippen LogP) is 5.69. The summed E-state index contributed by atoms with van der Waals surface area (Å²) in [6, 6.07) is 10.5. The van der Waals surface area contributed by atoms with Crippen molar-refractivity contribution in [3.05, 3.63) is 53.8 Å².